The maximum atomic E-state index is 12.3. The number of carbonyl (C=O) groups excluding carboxylic acids is 1. The van der Waals surface area contributed by atoms with E-state index >= 15 is 0 Å². The first-order valence-electron chi connectivity index (χ1n) is 7.22. The van der Waals surface area contributed by atoms with Gasteiger partial charge in [-0.2, -0.15) is 0 Å². The van der Waals surface area contributed by atoms with Gasteiger partial charge in [-0.25, -0.2) is 0 Å². The summed E-state index contributed by atoms with van der Waals surface area (Å²) in [6.45, 7) is 7.15. The molecular weight excluding hydrogens is 282 g/mol. The van der Waals surface area contributed by atoms with Gasteiger partial charge >= 0.3 is 0 Å². The molecule has 21 heavy (non-hydrogen) atoms. The van der Waals surface area contributed by atoms with Gasteiger partial charge in [0.2, 0.25) is 5.91 Å². The largest absolute Gasteiger partial charge is 0.389 e. The van der Waals surface area contributed by atoms with Gasteiger partial charge in [0.1, 0.15) is 4.99 Å². The number of amides is 1. The molecule has 1 unspecified atom stereocenters. The van der Waals surface area contributed by atoms with Crippen LogP contribution in [0.3, 0.4) is 0 Å². The van der Waals surface area contributed by atoms with Crippen LogP contribution >= 0.6 is 12.2 Å². The van der Waals surface area contributed by atoms with Gasteiger partial charge in [-0.05, 0) is 45.0 Å². The number of hydrogen-bond donors (Lipinski definition) is 2. The van der Waals surface area contributed by atoms with Crippen molar-refractivity contribution < 1.29 is 4.79 Å². The second kappa shape index (κ2) is 8.10. The highest BCUT2D eigenvalue weighted by Crippen LogP contribution is 2.16. The number of nitrogens with two attached hydrogens (primary N) is 1. The molecule has 0 aliphatic carbocycles. The van der Waals surface area contributed by atoms with E-state index in [1.165, 1.54) is 0 Å². The van der Waals surface area contributed by atoms with E-state index in [1.54, 1.807) is 0 Å². The van der Waals surface area contributed by atoms with Gasteiger partial charge in [0.15, 0.2) is 0 Å². The molecule has 0 aliphatic rings. The highest BCUT2D eigenvalue weighted by Gasteiger charge is 2.19. The zero-order valence-electron chi connectivity index (χ0n) is 13.2. The summed E-state index contributed by atoms with van der Waals surface area (Å²) in [5.41, 5.74) is 7.04. The Morgan fingerprint density at radius 3 is 2.52 bits per heavy atom. The molecular formula is C16H25N3OS. The lowest BCUT2D eigenvalue weighted by atomic mass is 10.1. The quantitative estimate of drug-likeness (QED) is 0.760. The van der Waals surface area contributed by atoms with E-state index in [2.05, 4.69) is 24.1 Å². The topological polar surface area (TPSA) is 58.4 Å². The smallest absolute Gasteiger partial charge is 0.241 e. The molecule has 4 nitrogen and oxygen atoms in total. The summed E-state index contributed by atoms with van der Waals surface area (Å²) < 4.78 is 0. The molecule has 1 rings (SSSR count). The Labute approximate surface area is 132 Å². The number of thiocarbonyl (C=S) groups is 1. The predicted octanol–water partition coefficient (Wildman–Crippen LogP) is 2.63. The number of carbonyl (C=O) groups is 1. The number of rotatable bonds is 7. The van der Waals surface area contributed by atoms with Crippen LogP contribution in [0.15, 0.2) is 24.3 Å². The molecule has 0 heterocycles. The van der Waals surface area contributed by atoms with E-state index in [9.17, 15) is 4.79 Å². The summed E-state index contributed by atoms with van der Waals surface area (Å²) in [5.74, 6) is 0.572. The number of likely N-dealkylation sites (N-methyl/N-ethyl adjacent to an activating group) is 1. The first-order valence-corrected chi connectivity index (χ1v) is 7.63. The van der Waals surface area contributed by atoms with E-state index < -0.39 is 0 Å². The zero-order chi connectivity index (χ0) is 16.0. The monoisotopic (exact) mass is 307 g/mol. The van der Waals surface area contributed by atoms with Crippen molar-refractivity contribution in [1.82, 2.24) is 4.90 Å². The molecule has 3 N–H and O–H groups in total. The van der Waals surface area contributed by atoms with Gasteiger partial charge in [0.05, 0.1) is 11.7 Å². The lowest BCUT2D eigenvalue weighted by Crippen LogP contribution is -2.40. The van der Waals surface area contributed by atoms with Crippen molar-refractivity contribution in [3.05, 3.63) is 29.8 Å². The van der Waals surface area contributed by atoms with E-state index in [1.807, 2.05) is 38.2 Å². The molecule has 0 fully saturated rings. The Morgan fingerprint density at radius 1 is 1.33 bits per heavy atom. The molecule has 1 aromatic carbocycles. The van der Waals surface area contributed by atoms with Crippen LogP contribution < -0.4 is 11.1 Å². The minimum Gasteiger partial charge on any atom is -0.389 e. The third kappa shape index (κ3) is 5.44. The summed E-state index contributed by atoms with van der Waals surface area (Å²) in [5, 5.41) is 2.91. The number of para-hydroxylation sites is 1. The van der Waals surface area contributed by atoms with Gasteiger partial charge in [0.25, 0.3) is 0 Å². The fraction of sp³-hybridized carbons (Fsp3) is 0.500. The summed E-state index contributed by atoms with van der Waals surface area (Å²) in [6, 6.07) is 7.12. The lowest BCUT2D eigenvalue weighted by molar-refractivity contribution is -0.120. The molecule has 0 saturated carbocycles. The lowest BCUT2D eigenvalue weighted by Gasteiger charge is -2.25. The van der Waals surface area contributed by atoms with Crippen molar-refractivity contribution in [1.29, 1.82) is 0 Å². The van der Waals surface area contributed by atoms with Gasteiger partial charge in [-0.3, -0.25) is 9.69 Å². The standard InChI is InChI=1S/C16H25N3OS/c1-11(2)9-10-19(4)12(3)16(20)18-14-8-6-5-7-13(14)15(17)21/h5-8,11-12H,9-10H2,1-4H3,(H2,17,21)(H,18,20). The fourth-order valence-electron chi connectivity index (χ4n) is 1.90. The van der Waals surface area contributed by atoms with Crippen molar-refractivity contribution in [2.75, 3.05) is 18.9 Å². The minimum absolute atomic E-state index is 0.0510. The Balaban J connectivity index is 2.70. The highest BCUT2D eigenvalue weighted by molar-refractivity contribution is 7.80. The molecule has 0 saturated heterocycles. The second-order valence-electron chi connectivity index (χ2n) is 5.74. The Kier molecular flexibility index (Phi) is 6.78. The van der Waals surface area contributed by atoms with E-state index in [0.29, 0.717) is 17.2 Å². The van der Waals surface area contributed by atoms with Crippen LogP contribution in [0.1, 0.15) is 32.8 Å². The Bertz CT molecular complexity index is 502. The van der Waals surface area contributed by atoms with Gasteiger partial charge < -0.3 is 11.1 Å². The molecule has 0 bridgehead atoms. The minimum atomic E-state index is -0.205. The summed E-state index contributed by atoms with van der Waals surface area (Å²) >= 11 is 5.01. The summed E-state index contributed by atoms with van der Waals surface area (Å²) in [4.78, 5) is 14.7. The summed E-state index contributed by atoms with van der Waals surface area (Å²) in [7, 11) is 1.96. The first kappa shape index (κ1) is 17.6. The third-order valence-electron chi connectivity index (χ3n) is 3.55. The van der Waals surface area contributed by atoms with Crippen molar-refractivity contribution in [3.8, 4) is 0 Å². The molecule has 0 radical (unpaired) electrons. The molecule has 0 aromatic heterocycles. The van der Waals surface area contributed by atoms with Crippen LogP contribution in [0.4, 0.5) is 5.69 Å². The predicted molar refractivity (Wildman–Crippen MR) is 92.5 cm³/mol. The van der Waals surface area contributed by atoms with Crippen molar-refractivity contribution >= 4 is 28.8 Å². The van der Waals surface area contributed by atoms with Gasteiger partial charge in [-0.15, -0.1) is 0 Å². The van der Waals surface area contributed by atoms with Gasteiger partial charge in [-0.1, -0.05) is 38.2 Å². The van der Waals surface area contributed by atoms with Crippen LogP contribution in [0.2, 0.25) is 0 Å². The maximum Gasteiger partial charge on any atom is 0.241 e. The molecule has 5 heteroatoms. The molecule has 1 atom stereocenters. The maximum absolute atomic E-state index is 12.3. The normalized spacial score (nSPS) is 12.5. The zero-order valence-corrected chi connectivity index (χ0v) is 14.0. The average Bonchev–Trinajstić information content (AvgIpc) is 2.44. The van der Waals surface area contributed by atoms with Crippen LogP contribution in [0, 0.1) is 5.92 Å². The van der Waals surface area contributed by atoms with E-state index in [4.69, 9.17) is 18.0 Å². The highest BCUT2D eigenvalue weighted by atomic mass is 32.1. The summed E-state index contributed by atoms with van der Waals surface area (Å²) in [6.07, 6.45) is 1.07. The molecule has 1 amide bonds. The van der Waals surface area contributed by atoms with Crippen LogP contribution in [0.5, 0.6) is 0 Å². The van der Waals surface area contributed by atoms with Crippen molar-refractivity contribution in [2.24, 2.45) is 11.7 Å². The Morgan fingerprint density at radius 2 is 1.95 bits per heavy atom. The number of hydrogen-bond acceptors (Lipinski definition) is 3. The first-order chi connectivity index (χ1) is 9.82. The Hall–Kier alpha value is -1.46. The van der Waals surface area contributed by atoms with Gasteiger partial charge in [0, 0.05) is 5.56 Å². The number of benzene rings is 1. The van der Waals surface area contributed by atoms with Crippen LogP contribution in [-0.4, -0.2) is 35.4 Å². The van der Waals surface area contributed by atoms with E-state index in [-0.39, 0.29) is 16.9 Å². The number of anilines is 1. The van der Waals surface area contributed by atoms with Crippen LogP contribution in [-0.2, 0) is 4.79 Å². The number of nitrogens with zero attached hydrogens (tertiary/aromatic N) is 1. The fourth-order valence-corrected chi connectivity index (χ4v) is 2.08. The van der Waals surface area contributed by atoms with E-state index in [0.717, 1.165) is 13.0 Å². The SMILES string of the molecule is CC(C)CCN(C)C(C)C(=O)Nc1ccccc1C(N)=S. The number of nitrogens with one attached hydrogen (secondary N) is 1. The van der Waals surface area contributed by atoms with Crippen LogP contribution in [0.25, 0.3) is 0 Å². The van der Waals surface area contributed by atoms with Crippen molar-refractivity contribution in [2.45, 2.75) is 33.2 Å². The third-order valence-corrected chi connectivity index (χ3v) is 3.77. The molecule has 0 spiro atoms. The second-order valence-corrected chi connectivity index (χ2v) is 6.18. The molecule has 1 aromatic rings. The average molecular weight is 307 g/mol. The molecule has 116 valence electrons. The van der Waals surface area contributed by atoms with Crippen molar-refractivity contribution in [3.63, 3.8) is 0 Å². The molecule has 0 aliphatic heterocycles.